The fourth-order valence-corrected chi connectivity index (χ4v) is 15.7. The third-order valence-electron chi connectivity index (χ3n) is 15.0. The van der Waals surface area contributed by atoms with Gasteiger partial charge in [-0.15, -0.1) is 20.5 Å². The number of azo groups is 3. The van der Waals surface area contributed by atoms with Gasteiger partial charge in [0.15, 0.2) is 0 Å². The van der Waals surface area contributed by atoms with E-state index in [1.54, 1.807) is 0 Å². The lowest BCUT2D eigenvalue weighted by Gasteiger charge is -2.16. The van der Waals surface area contributed by atoms with Crippen molar-refractivity contribution < 1.29 is 110 Å². The van der Waals surface area contributed by atoms with E-state index in [-0.39, 0.29) is 108 Å². The largest absolute Gasteiger partial charge is 0.494 e. The van der Waals surface area contributed by atoms with Gasteiger partial charge >= 0.3 is 0 Å². The zero-order valence-electron chi connectivity index (χ0n) is 56.1. The standard InChI is InChI=1S/C60H46Cl2N18O25S7/c1-26(81)63-40-22-44(47(104-3)24-42(40)78-75-30-15-36-33(51(18-30)109(92,93)94)7-5-9-49(36)107(86,87)88)67-59-71-55(61)69-57(73-59)65-29-11-12-38(77-80-46-21-35-28(14-54(46)112(101,102)103)13-32(106(83,84)85)20-53(35)111(98,99)100)39(17-29)66-58-70-56(62)72-60(74-58)68-45-23-41(64-27(2)82)43(25-48(45)105-4)79-76-31-16-37-34(52(19-31)110(95,96)97)8-6-10-50(37)108(89,90)91/h5-25H,1-4H3,(H,63,81)(H,64,82)(H,83,84,85)(H,86,87,88)(H,89,90,91)(H,92,93,94)(H,95,96,97)(H,98,99,100)(H,101,102,103)(H2,65,67,69,71,73)(H2,66,68,70,72,74). The highest BCUT2D eigenvalue weighted by molar-refractivity contribution is 7.88. The number of carbonyl (C=O) groups excluding carboxylic acids is 2. The molecule has 11 rings (SSSR count). The number of benzene rings is 9. The molecule has 0 atom stereocenters. The van der Waals surface area contributed by atoms with Crippen molar-refractivity contribution in [3.63, 3.8) is 0 Å². The average Bonchev–Trinajstić information content (AvgIpc) is 0.745. The van der Waals surface area contributed by atoms with Crippen LogP contribution in [-0.2, 0) is 80.4 Å². The number of hydrogen-bond donors (Lipinski definition) is 13. The molecular formula is C60H46Cl2N18O25S7. The molecule has 582 valence electrons. The number of ether oxygens (including phenoxy) is 2. The van der Waals surface area contributed by atoms with Crippen LogP contribution in [0.5, 0.6) is 11.5 Å². The molecule has 0 bridgehead atoms. The van der Waals surface area contributed by atoms with E-state index in [0.29, 0.717) is 24.3 Å². The Labute approximate surface area is 640 Å². The average molecular weight is 1710 g/mol. The number of carbonyl (C=O) groups is 2. The molecule has 2 heterocycles. The monoisotopic (exact) mass is 1710 g/mol. The van der Waals surface area contributed by atoms with E-state index in [2.05, 4.69) is 92.5 Å². The molecule has 52 heteroatoms. The number of amides is 2. The Balaban J connectivity index is 0.971. The van der Waals surface area contributed by atoms with Crippen LogP contribution in [0.3, 0.4) is 0 Å². The summed E-state index contributed by atoms with van der Waals surface area (Å²) >= 11 is 13.0. The predicted octanol–water partition coefficient (Wildman–Crippen LogP) is 11.7. The first kappa shape index (κ1) is 81.3. The van der Waals surface area contributed by atoms with Gasteiger partial charge < -0.3 is 41.4 Å². The first-order valence-electron chi connectivity index (χ1n) is 30.1. The van der Waals surface area contributed by atoms with Gasteiger partial charge in [-0.1, -0.05) is 24.3 Å². The van der Waals surface area contributed by atoms with Crippen molar-refractivity contribution in [1.82, 2.24) is 29.9 Å². The van der Waals surface area contributed by atoms with Gasteiger partial charge in [0.25, 0.3) is 70.8 Å². The number of anilines is 10. The molecule has 0 spiro atoms. The lowest BCUT2D eigenvalue weighted by atomic mass is 10.1. The Hall–Kier alpha value is -11.7. The zero-order chi connectivity index (χ0) is 81.7. The summed E-state index contributed by atoms with van der Waals surface area (Å²) in [5.41, 5.74) is -2.92. The molecule has 43 nitrogen and oxygen atoms in total. The maximum absolute atomic E-state index is 13.0. The summed E-state index contributed by atoms with van der Waals surface area (Å²) in [6.07, 6.45) is 0. The van der Waals surface area contributed by atoms with Crippen LogP contribution in [0.25, 0.3) is 32.3 Å². The first-order chi connectivity index (χ1) is 52.2. The van der Waals surface area contributed by atoms with Crippen molar-refractivity contribution >= 4 is 230 Å². The minimum Gasteiger partial charge on any atom is -0.494 e. The fourth-order valence-electron chi connectivity index (χ4n) is 10.5. The summed E-state index contributed by atoms with van der Waals surface area (Å²) in [5.74, 6) is -3.13. The molecule has 13 N–H and O–H groups in total. The quantitative estimate of drug-likeness (QED) is 0.0187. The molecule has 0 aliphatic rings. The minimum absolute atomic E-state index is 0.00989. The Morgan fingerprint density at radius 2 is 0.741 bits per heavy atom. The van der Waals surface area contributed by atoms with Gasteiger partial charge in [0.05, 0.1) is 58.9 Å². The van der Waals surface area contributed by atoms with E-state index >= 15 is 0 Å². The van der Waals surface area contributed by atoms with Crippen molar-refractivity contribution in [2.75, 3.05) is 46.1 Å². The Kier molecular flexibility index (Phi) is 22.4. The van der Waals surface area contributed by atoms with E-state index in [9.17, 15) is 100 Å². The molecule has 11 aromatic rings. The Bertz CT molecular complexity index is 6840. The maximum Gasteiger partial charge on any atom is 0.296 e. The fraction of sp³-hybridized carbons (Fsp3) is 0.0667. The summed E-state index contributed by atoms with van der Waals surface area (Å²) < 4.78 is 257. The van der Waals surface area contributed by atoms with Crippen LogP contribution in [-0.4, -0.2) is 147 Å². The topological polar surface area (TPSA) is 657 Å². The molecule has 0 unspecified atom stereocenters. The number of nitrogens with zero attached hydrogens (tertiary/aromatic N) is 12. The molecule has 0 aliphatic carbocycles. The number of aromatic nitrogens is 6. The number of methoxy groups -OCH3 is 2. The third-order valence-corrected chi connectivity index (χ3v) is 21.6. The molecular weight excluding hydrogens is 1670 g/mol. The second kappa shape index (κ2) is 30.9. The second-order valence-electron chi connectivity index (χ2n) is 22.7. The first-order valence-corrected chi connectivity index (χ1v) is 40.9. The second-order valence-corrected chi connectivity index (χ2v) is 33.2. The molecule has 112 heavy (non-hydrogen) atoms. The normalized spacial score (nSPS) is 12.6. The van der Waals surface area contributed by atoms with Crippen LogP contribution in [0.2, 0.25) is 10.6 Å². The molecule has 0 fully saturated rings. The van der Waals surface area contributed by atoms with Crippen molar-refractivity contribution in [3.05, 3.63) is 138 Å². The molecule has 0 saturated carbocycles. The molecule has 0 aliphatic heterocycles. The Morgan fingerprint density at radius 3 is 1.14 bits per heavy atom. The van der Waals surface area contributed by atoms with Crippen LogP contribution in [0, 0.1) is 0 Å². The van der Waals surface area contributed by atoms with E-state index < -0.39 is 156 Å². The summed E-state index contributed by atoms with van der Waals surface area (Å²) in [6, 6.07) is 21.1. The van der Waals surface area contributed by atoms with Crippen LogP contribution in [0.4, 0.5) is 92.0 Å². The minimum atomic E-state index is -5.43. The van der Waals surface area contributed by atoms with Gasteiger partial charge in [0.2, 0.25) is 46.2 Å². The van der Waals surface area contributed by atoms with Gasteiger partial charge in [0, 0.05) is 58.6 Å². The number of rotatable bonds is 25. The van der Waals surface area contributed by atoms with Crippen LogP contribution in [0.15, 0.2) is 192 Å². The van der Waals surface area contributed by atoms with Crippen molar-refractivity contribution in [3.8, 4) is 11.5 Å². The highest BCUT2D eigenvalue weighted by Gasteiger charge is 2.28. The highest BCUT2D eigenvalue weighted by atomic mass is 35.5. The summed E-state index contributed by atoms with van der Waals surface area (Å²) in [5, 5.41) is 37.3. The summed E-state index contributed by atoms with van der Waals surface area (Å²) in [4.78, 5) is 44.1. The molecule has 2 amide bonds. The van der Waals surface area contributed by atoms with Crippen LogP contribution < -0.4 is 41.4 Å². The van der Waals surface area contributed by atoms with E-state index in [1.165, 1.54) is 56.7 Å². The summed E-state index contributed by atoms with van der Waals surface area (Å²) in [7, 11) is -33.8. The Morgan fingerprint density at radius 1 is 0.348 bits per heavy atom. The van der Waals surface area contributed by atoms with Crippen molar-refractivity contribution in [2.45, 2.75) is 48.1 Å². The van der Waals surface area contributed by atoms with Crippen molar-refractivity contribution in [1.29, 1.82) is 0 Å². The molecule has 2 aromatic heterocycles. The number of nitrogens with one attached hydrogen (secondary N) is 6. The zero-order valence-corrected chi connectivity index (χ0v) is 63.3. The lowest BCUT2D eigenvalue weighted by Crippen LogP contribution is -2.08. The van der Waals surface area contributed by atoms with Gasteiger partial charge in [-0.3, -0.25) is 41.5 Å². The highest BCUT2D eigenvalue weighted by Crippen LogP contribution is 2.44. The van der Waals surface area contributed by atoms with Crippen LogP contribution in [0.1, 0.15) is 13.8 Å². The number of halogens is 2. The van der Waals surface area contributed by atoms with Crippen LogP contribution >= 0.6 is 23.2 Å². The molecule has 9 aromatic carbocycles. The van der Waals surface area contributed by atoms with E-state index in [1.807, 2.05) is 0 Å². The number of fused-ring (bicyclic) bond motifs is 3. The SMILES string of the molecule is COc1cc(N=Nc2cc(S(=O)(=O)O)c3cccc(S(=O)(=O)O)c3c2)c(NC(C)=O)cc1Nc1nc(Cl)nc(Nc2ccc(N=Nc3cc4c(S(=O)(=O)O)cc(S(=O)(=O)O)cc4cc3S(=O)(=O)O)c(Nc3nc(Cl)nc(Nc4cc(NC(C)=O)c(N=Nc5cc(S(=O)(=O)O)c6cccc(S(=O)(=O)O)c6c5)cc4OC)n3)c2)n1. The van der Waals surface area contributed by atoms with Crippen molar-refractivity contribution in [2.24, 2.45) is 30.7 Å². The summed E-state index contributed by atoms with van der Waals surface area (Å²) in [6.45, 7) is 2.24. The lowest BCUT2D eigenvalue weighted by molar-refractivity contribution is -0.115. The van der Waals surface area contributed by atoms with Gasteiger partial charge in [-0.05, 0) is 120 Å². The van der Waals surface area contributed by atoms with Gasteiger partial charge in [0.1, 0.15) is 63.6 Å². The van der Waals surface area contributed by atoms with E-state index in [4.69, 9.17) is 32.7 Å². The molecule has 0 radical (unpaired) electrons. The predicted molar refractivity (Wildman–Crippen MR) is 397 cm³/mol. The number of hydrogen-bond acceptors (Lipinski definition) is 34. The third kappa shape index (κ3) is 18.8. The maximum atomic E-state index is 13.0. The van der Waals surface area contributed by atoms with Gasteiger partial charge in [-0.2, -0.15) is 99.1 Å². The molecule has 0 saturated heterocycles. The smallest absolute Gasteiger partial charge is 0.296 e. The van der Waals surface area contributed by atoms with Gasteiger partial charge in [-0.25, -0.2) is 0 Å². The van der Waals surface area contributed by atoms with E-state index in [0.717, 1.165) is 74.5 Å².